The molecule has 0 bridgehead atoms. The molecule has 1 aliphatic heterocycles. The maximum absolute atomic E-state index is 14.7. The van der Waals surface area contributed by atoms with E-state index in [1.807, 2.05) is 6.19 Å². The summed E-state index contributed by atoms with van der Waals surface area (Å²) >= 11 is 6.05. The second-order valence-corrected chi connectivity index (χ2v) is 9.18. The fourth-order valence-corrected chi connectivity index (χ4v) is 5.50. The Bertz CT molecular complexity index is 1060. The molecule has 0 amide bonds. The lowest BCUT2D eigenvalue weighted by Gasteiger charge is -2.29. The molecule has 1 heterocycles. The van der Waals surface area contributed by atoms with Gasteiger partial charge in [-0.3, -0.25) is 0 Å². The topological polar surface area (TPSA) is 73.6 Å². The van der Waals surface area contributed by atoms with Crippen LogP contribution in [0.25, 0.3) is 0 Å². The highest BCUT2D eigenvalue weighted by molar-refractivity contribution is 7.89. The van der Waals surface area contributed by atoms with Crippen LogP contribution in [0, 0.1) is 24.2 Å². The van der Waals surface area contributed by atoms with Gasteiger partial charge in [-0.1, -0.05) is 29.8 Å². The minimum atomic E-state index is -4.09. The predicted molar refractivity (Wildman–Crippen MR) is 107 cm³/mol. The molecule has 154 valence electrons. The maximum atomic E-state index is 14.7. The summed E-state index contributed by atoms with van der Waals surface area (Å²) in [5, 5.41) is 9.43. The highest BCUT2D eigenvalue weighted by Gasteiger charge is 2.38. The van der Waals surface area contributed by atoms with E-state index in [0.29, 0.717) is 18.5 Å². The third-order valence-electron chi connectivity index (χ3n) is 5.02. The number of nitrogens with zero attached hydrogens (tertiary/aromatic N) is 3. The van der Waals surface area contributed by atoms with Crippen molar-refractivity contribution in [3.05, 3.63) is 58.4 Å². The number of hydrogen-bond donors (Lipinski definition) is 0. The first-order valence-electron chi connectivity index (χ1n) is 9.02. The van der Waals surface area contributed by atoms with Crippen LogP contribution in [0.15, 0.2) is 41.3 Å². The number of hydrogen-bond acceptors (Lipinski definition) is 5. The molecule has 0 saturated carbocycles. The fourth-order valence-electron chi connectivity index (χ4n) is 3.45. The van der Waals surface area contributed by atoms with Crippen molar-refractivity contribution in [2.24, 2.45) is 0 Å². The Kier molecular flexibility index (Phi) is 6.32. The van der Waals surface area contributed by atoms with Crippen LogP contribution in [0.3, 0.4) is 0 Å². The van der Waals surface area contributed by atoms with Crippen LogP contribution < -0.4 is 4.74 Å². The lowest BCUT2D eigenvalue weighted by atomic mass is 10.1. The molecular weight excluding hydrogens is 417 g/mol. The Hall–Kier alpha value is -2.34. The molecule has 1 saturated heterocycles. The van der Waals surface area contributed by atoms with Crippen LogP contribution in [-0.2, 0) is 16.6 Å². The lowest BCUT2D eigenvalue weighted by molar-refractivity contribution is 0.308. The van der Waals surface area contributed by atoms with Crippen molar-refractivity contribution in [1.29, 1.82) is 5.26 Å². The molecule has 2 aromatic rings. The fraction of sp³-hybridized carbons (Fsp3) is 0.350. The summed E-state index contributed by atoms with van der Waals surface area (Å²) in [6.07, 6.45) is 2.51. The van der Waals surface area contributed by atoms with E-state index in [4.69, 9.17) is 16.3 Å². The summed E-state index contributed by atoms with van der Waals surface area (Å²) in [4.78, 5) is 1.41. The zero-order valence-electron chi connectivity index (χ0n) is 16.1. The summed E-state index contributed by atoms with van der Waals surface area (Å²) in [6.45, 7) is 2.16. The van der Waals surface area contributed by atoms with Gasteiger partial charge in [-0.25, -0.2) is 12.8 Å². The number of halogens is 2. The minimum Gasteiger partial charge on any atom is -0.495 e. The van der Waals surface area contributed by atoms with E-state index in [1.165, 1.54) is 34.5 Å². The quantitative estimate of drug-likeness (QED) is 0.646. The third-order valence-corrected chi connectivity index (χ3v) is 7.18. The molecule has 3 rings (SSSR count). The lowest BCUT2D eigenvalue weighted by Crippen LogP contribution is -2.41. The first-order chi connectivity index (χ1) is 13.8. The Labute approximate surface area is 175 Å². The molecule has 29 heavy (non-hydrogen) atoms. The number of likely N-dealkylation sites (tertiary alicyclic amines) is 1. The molecule has 0 aliphatic carbocycles. The molecule has 9 heteroatoms. The highest BCUT2D eigenvalue weighted by Crippen LogP contribution is 2.33. The van der Waals surface area contributed by atoms with E-state index in [9.17, 15) is 18.1 Å². The van der Waals surface area contributed by atoms with Gasteiger partial charge >= 0.3 is 0 Å². The van der Waals surface area contributed by atoms with Gasteiger partial charge in [-0.05, 0) is 37.1 Å². The Morgan fingerprint density at radius 2 is 2.14 bits per heavy atom. The van der Waals surface area contributed by atoms with Crippen molar-refractivity contribution in [2.75, 3.05) is 20.2 Å². The molecule has 0 N–H and O–H groups in total. The van der Waals surface area contributed by atoms with Crippen molar-refractivity contribution in [3.63, 3.8) is 0 Å². The van der Waals surface area contributed by atoms with Gasteiger partial charge in [0.15, 0.2) is 6.19 Å². The van der Waals surface area contributed by atoms with Crippen LogP contribution in [-0.4, -0.2) is 43.9 Å². The van der Waals surface area contributed by atoms with Crippen LogP contribution >= 0.6 is 11.6 Å². The predicted octanol–water partition coefficient (Wildman–Crippen LogP) is 3.54. The number of methoxy groups -OCH3 is 1. The van der Waals surface area contributed by atoms with Gasteiger partial charge in [0.25, 0.3) is 0 Å². The largest absolute Gasteiger partial charge is 0.495 e. The normalized spacial score (nSPS) is 16.8. The number of sulfonamides is 1. The molecular formula is C20H21ClFN3O3S. The van der Waals surface area contributed by atoms with Gasteiger partial charge in [-0.15, -0.1) is 0 Å². The minimum absolute atomic E-state index is 0.0871. The molecule has 0 radical (unpaired) electrons. The van der Waals surface area contributed by atoms with E-state index in [2.05, 4.69) is 0 Å². The van der Waals surface area contributed by atoms with Crippen LogP contribution in [0.1, 0.15) is 17.5 Å². The maximum Gasteiger partial charge on any atom is 0.247 e. The number of benzene rings is 2. The summed E-state index contributed by atoms with van der Waals surface area (Å²) in [5.41, 5.74) is 0.704. The van der Waals surface area contributed by atoms with Crippen molar-refractivity contribution in [1.82, 2.24) is 9.21 Å². The first kappa shape index (κ1) is 21.4. The van der Waals surface area contributed by atoms with Crippen LogP contribution in [0.2, 0.25) is 5.02 Å². The molecule has 2 aromatic carbocycles. The zero-order valence-corrected chi connectivity index (χ0v) is 17.7. The standard InChI is InChI=1S/C20H21ClFN3O3S/c1-14-4-3-5-15(20(14)22)11-25(17-8-9-24(12-17)13-23)29(26,27)19-10-16(21)6-7-18(19)28-2/h3-7,10,17H,8-9,11-12H2,1-2H3. The van der Waals surface area contributed by atoms with Crippen molar-refractivity contribution >= 4 is 21.6 Å². The van der Waals surface area contributed by atoms with Crippen LogP contribution in [0.5, 0.6) is 5.75 Å². The smallest absolute Gasteiger partial charge is 0.247 e. The number of aryl methyl sites for hydroxylation is 1. The zero-order chi connectivity index (χ0) is 21.2. The average molecular weight is 438 g/mol. The molecule has 1 atom stereocenters. The number of ether oxygens (including phenoxy) is 1. The van der Waals surface area contributed by atoms with Crippen LogP contribution in [0.4, 0.5) is 4.39 Å². The molecule has 1 aliphatic rings. The van der Waals surface area contributed by atoms with Gasteiger partial charge < -0.3 is 9.64 Å². The van der Waals surface area contributed by atoms with E-state index in [-0.39, 0.29) is 34.3 Å². The second kappa shape index (κ2) is 8.57. The van der Waals surface area contributed by atoms with Gasteiger partial charge in [0, 0.05) is 36.3 Å². The van der Waals surface area contributed by atoms with E-state index in [0.717, 1.165) is 0 Å². The molecule has 0 aromatic heterocycles. The first-order valence-corrected chi connectivity index (χ1v) is 10.8. The van der Waals surface area contributed by atoms with Crippen molar-refractivity contribution in [3.8, 4) is 11.9 Å². The Morgan fingerprint density at radius 1 is 1.38 bits per heavy atom. The van der Waals surface area contributed by atoms with Gasteiger partial charge in [-0.2, -0.15) is 9.57 Å². The summed E-state index contributed by atoms with van der Waals surface area (Å²) in [5.74, 6) is -0.292. The monoisotopic (exact) mass is 437 g/mol. The van der Waals surface area contributed by atoms with Gasteiger partial charge in [0.2, 0.25) is 10.0 Å². The molecule has 1 unspecified atom stereocenters. The summed E-state index contributed by atoms with van der Waals surface area (Å²) in [7, 11) is -2.71. The Morgan fingerprint density at radius 3 is 2.79 bits per heavy atom. The molecule has 1 fully saturated rings. The van der Waals surface area contributed by atoms with Gasteiger partial charge in [0.1, 0.15) is 16.5 Å². The second-order valence-electron chi connectivity index (χ2n) is 6.88. The van der Waals surface area contributed by atoms with E-state index in [1.54, 1.807) is 25.1 Å². The van der Waals surface area contributed by atoms with Gasteiger partial charge in [0.05, 0.1) is 7.11 Å². The molecule has 0 spiro atoms. The highest BCUT2D eigenvalue weighted by atomic mass is 35.5. The SMILES string of the molecule is COc1ccc(Cl)cc1S(=O)(=O)N(Cc1cccc(C)c1F)C1CCN(C#N)C1. The van der Waals surface area contributed by atoms with E-state index < -0.39 is 21.9 Å². The van der Waals surface area contributed by atoms with Crippen molar-refractivity contribution in [2.45, 2.75) is 30.8 Å². The summed E-state index contributed by atoms with van der Waals surface area (Å²) in [6, 6.07) is 8.75. The summed E-state index contributed by atoms with van der Waals surface area (Å²) < 4.78 is 48.4. The Balaban J connectivity index is 2.09. The molecule has 6 nitrogen and oxygen atoms in total. The number of rotatable bonds is 6. The average Bonchev–Trinajstić information content (AvgIpc) is 3.17. The number of nitriles is 1. The third kappa shape index (κ3) is 4.32. The van der Waals surface area contributed by atoms with Crippen molar-refractivity contribution < 1.29 is 17.5 Å². The van der Waals surface area contributed by atoms with E-state index >= 15 is 0 Å².